The van der Waals surface area contributed by atoms with E-state index >= 15 is 0 Å². The van der Waals surface area contributed by atoms with Crippen LogP contribution in [0.4, 0.5) is 0 Å². The highest BCUT2D eigenvalue weighted by Crippen LogP contribution is 2.33. The summed E-state index contributed by atoms with van der Waals surface area (Å²) in [7, 11) is 3.48. The zero-order chi connectivity index (χ0) is 24.7. The van der Waals surface area contributed by atoms with Gasteiger partial charge in [-0.25, -0.2) is 0 Å². The number of benzene rings is 5. The van der Waals surface area contributed by atoms with E-state index in [1.165, 1.54) is 33.4 Å². The molecule has 36 heavy (non-hydrogen) atoms. The summed E-state index contributed by atoms with van der Waals surface area (Å²) in [5.41, 5.74) is 9.59. The molecule has 178 valence electrons. The van der Waals surface area contributed by atoms with Crippen molar-refractivity contribution in [2.24, 2.45) is 0 Å². The lowest BCUT2D eigenvalue weighted by Crippen LogP contribution is -2.00. The molecule has 5 aromatic carbocycles. The molecule has 0 heterocycles. The summed E-state index contributed by atoms with van der Waals surface area (Å²) in [5.74, 6) is 1.78. The molecule has 0 bridgehead atoms. The second kappa shape index (κ2) is 11.0. The summed E-state index contributed by atoms with van der Waals surface area (Å²) in [5, 5.41) is 0. The molecule has 5 aromatic rings. The Labute approximate surface area is 213 Å². The molecule has 0 radical (unpaired) electrons. The lowest BCUT2D eigenvalue weighted by Gasteiger charge is -2.16. The molecular formula is C34H30O2. The molecule has 0 aromatic heterocycles. The molecule has 5 rings (SSSR count). The fourth-order valence-electron chi connectivity index (χ4n) is 4.63. The lowest BCUT2D eigenvalue weighted by atomic mass is 9.96. The third-order valence-electron chi connectivity index (χ3n) is 6.59. The predicted molar refractivity (Wildman–Crippen MR) is 149 cm³/mol. The Morgan fingerprint density at radius 1 is 0.417 bits per heavy atom. The molecule has 0 amide bonds. The Morgan fingerprint density at radius 2 is 0.750 bits per heavy atom. The minimum Gasteiger partial charge on any atom is -0.496 e. The van der Waals surface area contributed by atoms with Crippen molar-refractivity contribution in [2.45, 2.75) is 12.8 Å². The van der Waals surface area contributed by atoms with Gasteiger partial charge in [0.25, 0.3) is 0 Å². The smallest absolute Gasteiger partial charge is 0.122 e. The lowest BCUT2D eigenvalue weighted by molar-refractivity contribution is 0.396. The molecule has 0 unspecified atom stereocenters. The van der Waals surface area contributed by atoms with Crippen LogP contribution in [0.5, 0.6) is 11.5 Å². The highest BCUT2D eigenvalue weighted by molar-refractivity contribution is 5.64. The summed E-state index contributed by atoms with van der Waals surface area (Å²) in [4.78, 5) is 0. The Balaban J connectivity index is 1.36. The van der Waals surface area contributed by atoms with E-state index in [1.807, 2.05) is 12.1 Å². The van der Waals surface area contributed by atoms with E-state index in [4.69, 9.17) is 9.47 Å². The average Bonchev–Trinajstić information content (AvgIpc) is 2.95. The van der Waals surface area contributed by atoms with Crippen molar-refractivity contribution in [3.05, 3.63) is 144 Å². The first kappa shape index (κ1) is 23.4. The zero-order valence-electron chi connectivity index (χ0n) is 20.8. The topological polar surface area (TPSA) is 18.5 Å². The van der Waals surface area contributed by atoms with Crippen molar-refractivity contribution in [3.8, 4) is 33.8 Å². The molecule has 0 N–H and O–H groups in total. The van der Waals surface area contributed by atoms with Crippen LogP contribution in [-0.4, -0.2) is 14.2 Å². The molecule has 0 aliphatic carbocycles. The molecular weight excluding hydrogens is 440 g/mol. The first-order valence-electron chi connectivity index (χ1n) is 12.3. The van der Waals surface area contributed by atoms with Gasteiger partial charge < -0.3 is 9.47 Å². The van der Waals surface area contributed by atoms with Gasteiger partial charge >= 0.3 is 0 Å². The molecule has 0 aliphatic heterocycles. The summed E-state index contributed by atoms with van der Waals surface area (Å²) in [6, 6.07) is 42.6. The van der Waals surface area contributed by atoms with E-state index in [9.17, 15) is 0 Å². The van der Waals surface area contributed by atoms with Gasteiger partial charge in [-0.05, 0) is 45.5 Å². The number of hydrogen-bond acceptors (Lipinski definition) is 2. The summed E-state index contributed by atoms with van der Waals surface area (Å²) in [6.07, 6.45) is 1.56. The van der Waals surface area contributed by atoms with Crippen molar-refractivity contribution in [1.29, 1.82) is 0 Å². The second-order valence-electron chi connectivity index (χ2n) is 8.96. The number of ether oxygens (including phenoxy) is 2. The number of hydrogen-bond donors (Lipinski definition) is 0. The van der Waals surface area contributed by atoms with Crippen molar-refractivity contribution in [1.82, 2.24) is 0 Å². The van der Waals surface area contributed by atoms with Crippen LogP contribution in [0.25, 0.3) is 22.3 Å². The van der Waals surface area contributed by atoms with E-state index in [0.29, 0.717) is 0 Å². The van der Waals surface area contributed by atoms with E-state index in [-0.39, 0.29) is 0 Å². The maximum Gasteiger partial charge on any atom is 0.122 e. The van der Waals surface area contributed by atoms with Gasteiger partial charge in [0.15, 0.2) is 0 Å². The molecule has 2 nitrogen and oxygen atoms in total. The van der Waals surface area contributed by atoms with Crippen LogP contribution in [0.1, 0.15) is 22.3 Å². The quantitative estimate of drug-likeness (QED) is 0.227. The second-order valence-corrected chi connectivity index (χ2v) is 8.96. The van der Waals surface area contributed by atoms with Gasteiger partial charge in [-0.15, -0.1) is 0 Å². The Kier molecular flexibility index (Phi) is 7.14. The maximum absolute atomic E-state index is 5.81. The van der Waals surface area contributed by atoms with Crippen molar-refractivity contribution in [2.75, 3.05) is 14.2 Å². The van der Waals surface area contributed by atoms with Crippen LogP contribution in [-0.2, 0) is 12.8 Å². The van der Waals surface area contributed by atoms with Crippen LogP contribution in [0, 0.1) is 0 Å². The van der Waals surface area contributed by atoms with Crippen LogP contribution < -0.4 is 9.47 Å². The Hall–Kier alpha value is -4.30. The van der Waals surface area contributed by atoms with E-state index in [2.05, 4.69) is 109 Å². The van der Waals surface area contributed by atoms with Crippen LogP contribution in [0.3, 0.4) is 0 Å². The third kappa shape index (κ3) is 5.34. The number of methoxy groups -OCH3 is 2. The molecule has 2 heteroatoms. The zero-order valence-corrected chi connectivity index (χ0v) is 20.8. The highest BCUT2D eigenvalue weighted by atomic mass is 16.5. The molecule has 0 spiro atoms. The fraction of sp³-hybridized carbons (Fsp3) is 0.118. The molecule has 0 aliphatic rings. The van der Waals surface area contributed by atoms with Crippen molar-refractivity contribution < 1.29 is 9.47 Å². The predicted octanol–water partition coefficient (Wildman–Crippen LogP) is 8.22. The third-order valence-corrected chi connectivity index (χ3v) is 6.59. The van der Waals surface area contributed by atoms with E-state index in [0.717, 1.165) is 35.5 Å². The van der Waals surface area contributed by atoms with Gasteiger partial charge in [-0.1, -0.05) is 109 Å². The number of rotatable bonds is 8. The van der Waals surface area contributed by atoms with Crippen LogP contribution >= 0.6 is 0 Å². The minimum absolute atomic E-state index is 0.778. The Morgan fingerprint density at radius 3 is 1.08 bits per heavy atom. The van der Waals surface area contributed by atoms with Crippen LogP contribution in [0.15, 0.2) is 121 Å². The van der Waals surface area contributed by atoms with Crippen LogP contribution in [0.2, 0.25) is 0 Å². The molecule has 0 fully saturated rings. The van der Waals surface area contributed by atoms with Gasteiger partial charge in [0.2, 0.25) is 0 Å². The highest BCUT2D eigenvalue weighted by Gasteiger charge is 2.13. The van der Waals surface area contributed by atoms with Gasteiger partial charge in [-0.3, -0.25) is 0 Å². The van der Waals surface area contributed by atoms with Gasteiger partial charge in [0.1, 0.15) is 11.5 Å². The SMILES string of the molecule is COc1cc(Cc2ccc(-c3ccccc3)cc2)c(OC)cc1Cc1ccc(-c2ccccc2)cc1. The average molecular weight is 471 g/mol. The van der Waals surface area contributed by atoms with Crippen molar-refractivity contribution >= 4 is 0 Å². The minimum atomic E-state index is 0.778. The molecule has 0 atom stereocenters. The first-order valence-corrected chi connectivity index (χ1v) is 12.3. The monoisotopic (exact) mass is 470 g/mol. The summed E-state index contributed by atoms with van der Waals surface area (Å²) < 4.78 is 11.6. The van der Waals surface area contributed by atoms with Gasteiger partial charge in [0, 0.05) is 24.0 Å². The molecule has 0 saturated carbocycles. The summed E-state index contributed by atoms with van der Waals surface area (Å²) in [6.45, 7) is 0. The van der Waals surface area contributed by atoms with Gasteiger partial charge in [0.05, 0.1) is 14.2 Å². The van der Waals surface area contributed by atoms with E-state index in [1.54, 1.807) is 14.2 Å². The maximum atomic E-state index is 5.81. The Bertz CT molecular complexity index is 1290. The normalized spacial score (nSPS) is 10.7. The standard InChI is InChI=1S/C34H30O2/c1-35-33-23-32(22-26-15-19-30(20-16-26)28-11-7-4-8-12-28)34(36-2)24-31(33)21-25-13-17-29(18-14-25)27-9-5-3-6-10-27/h3-20,23-24H,21-22H2,1-2H3. The van der Waals surface area contributed by atoms with Gasteiger partial charge in [-0.2, -0.15) is 0 Å². The fourth-order valence-corrected chi connectivity index (χ4v) is 4.63. The first-order chi connectivity index (χ1) is 17.7. The largest absolute Gasteiger partial charge is 0.496 e. The van der Waals surface area contributed by atoms with Crippen molar-refractivity contribution in [3.63, 3.8) is 0 Å². The molecule has 0 saturated heterocycles. The van der Waals surface area contributed by atoms with E-state index < -0.39 is 0 Å². The summed E-state index contributed by atoms with van der Waals surface area (Å²) >= 11 is 0.